The number of carbonyl (C=O) groups is 2. The molecule has 4 heteroatoms. The molecule has 2 rings (SSSR count). The highest BCUT2D eigenvalue weighted by atomic mass is 16.4. The van der Waals surface area contributed by atoms with Gasteiger partial charge in [0, 0.05) is 12.1 Å². The van der Waals surface area contributed by atoms with Crippen LogP contribution in [0.5, 0.6) is 0 Å². The van der Waals surface area contributed by atoms with Crippen molar-refractivity contribution in [3.63, 3.8) is 0 Å². The van der Waals surface area contributed by atoms with Gasteiger partial charge in [0.15, 0.2) is 0 Å². The second kappa shape index (κ2) is 7.58. The van der Waals surface area contributed by atoms with E-state index in [9.17, 15) is 9.59 Å². The molecule has 0 saturated heterocycles. The summed E-state index contributed by atoms with van der Waals surface area (Å²) in [5.74, 6) is -1.44. The first kappa shape index (κ1) is 16.7. The van der Waals surface area contributed by atoms with Crippen LogP contribution in [0.1, 0.15) is 43.2 Å². The number of carboxylic acids is 1. The molecular weight excluding hydrogens is 290 g/mol. The molecule has 23 heavy (non-hydrogen) atoms. The van der Waals surface area contributed by atoms with E-state index in [2.05, 4.69) is 5.32 Å². The second-order valence-corrected chi connectivity index (χ2v) is 5.75. The summed E-state index contributed by atoms with van der Waals surface area (Å²) in [5, 5.41) is 11.9. The van der Waals surface area contributed by atoms with Crippen LogP contribution in [0.25, 0.3) is 0 Å². The van der Waals surface area contributed by atoms with Crippen LogP contribution in [-0.4, -0.2) is 17.0 Å². The van der Waals surface area contributed by atoms with Gasteiger partial charge in [0.25, 0.3) is 0 Å². The average molecular weight is 311 g/mol. The number of nitrogens with one attached hydrogen (secondary N) is 1. The number of hydrogen-bond acceptors (Lipinski definition) is 2. The number of aliphatic carboxylic acids is 1. The van der Waals surface area contributed by atoms with Crippen LogP contribution in [0.3, 0.4) is 0 Å². The Bertz CT molecular complexity index is 682. The zero-order valence-electron chi connectivity index (χ0n) is 13.3. The van der Waals surface area contributed by atoms with E-state index < -0.39 is 11.9 Å². The normalized spacial score (nSPS) is 13.1. The Morgan fingerprint density at radius 3 is 2.30 bits per heavy atom. The van der Waals surface area contributed by atoms with Crippen molar-refractivity contribution < 1.29 is 14.7 Å². The van der Waals surface area contributed by atoms with Gasteiger partial charge in [-0.1, -0.05) is 49.4 Å². The molecule has 120 valence electrons. The molecule has 2 aromatic carbocycles. The van der Waals surface area contributed by atoms with Crippen LogP contribution in [-0.2, 0) is 9.59 Å². The predicted octanol–water partition coefficient (Wildman–Crippen LogP) is 4.01. The fraction of sp³-hybridized carbons (Fsp3) is 0.263. The van der Waals surface area contributed by atoms with Gasteiger partial charge in [-0.15, -0.1) is 0 Å². The Morgan fingerprint density at radius 2 is 1.65 bits per heavy atom. The summed E-state index contributed by atoms with van der Waals surface area (Å²) in [6.07, 6.45) is 0.378. The maximum absolute atomic E-state index is 12.2. The molecule has 0 spiro atoms. The minimum atomic E-state index is -0.883. The molecular formula is C19H21NO3. The third-order valence-corrected chi connectivity index (χ3v) is 3.90. The number of carboxylic acid groups (broad SMARTS) is 1. The van der Waals surface area contributed by atoms with Gasteiger partial charge in [-0.2, -0.15) is 0 Å². The molecule has 0 saturated carbocycles. The van der Waals surface area contributed by atoms with Crippen molar-refractivity contribution in [1.29, 1.82) is 0 Å². The fourth-order valence-electron chi connectivity index (χ4n) is 2.42. The van der Waals surface area contributed by atoms with Gasteiger partial charge in [0.2, 0.25) is 5.91 Å². The van der Waals surface area contributed by atoms with Crippen LogP contribution in [0, 0.1) is 0 Å². The maximum Gasteiger partial charge on any atom is 0.310 e. The van der Waals surface area contributed by atoms with E-state index in [0.29, 0.717) is 17.7 Å². The summed E-state index contributed by atoms with van der Waals surface area (Å²) in [6.45, 7) is 3.64. The third-order valence-electron chi connectivity index (χ3n) is 3.90. The van der Waals surface area contributed by atoms with E-state index in [1.54, 1.807) is 31.2 Å². The molecule has 0 heterocycles. The number of carbonyl (C=O) groups excluding carboxylic acids is 1. The number of anilines is 1. The lowest BCUT2D eigenvalue weighted by atomic mass is 9.97. The fourth-order valence-corrected chi connectivity index (χ4v) is 2.42. The molecule has 0 radical (unpaired) electrons. The van der Waals surface area contributed by atoms with Crippen molar-refractivity contribution in [2.75, 3.05) is 5.32 Å². The summed E-state index contributed by atoms with van der Waals surface area (Å²) in [6, 6.07) is 16.9. The lowest BCUT2D eigenvalue weighted by Crippen LogP contribution is -2.15. The third kappa shape index (κ3) is 4.68. The van der Waals surface area contributed by atoms with Gasteiger partial charge in [-0.05, 0) is 36.1 Å². The van der Waals surface area contributed by atoms with Gasteiger partial charge < -0.3 is 10.4 Å². The molecule has 0 bridgehead atoms. The standard InChI is InChI=1S/C19H21NO3/c1-13(15-7-4-3-5-8-15)11-18(21)20-17-10-6-9-16(12-17)14(2)19(22)23/h3-10,12-14H,11H2,1-2H3,(H,20,21)(H,22,23). The predicted molar refractivity (Wildman–Crippen MR) is 90.6 cm³/mol. The van der Waals surface area contributed by atoms with Crippen LogP contribution >= 0.6 is 0 Å². The van der Waals surface area contributed by atoms with Crippen LogP contribution in [0.2, 0.25) is 0 Å². The highest BCUT2D eigenvalue weighted by Gasteiger charge is 2.15. The van der Waals surface area contributed by atoms with Crippen molar-refractivity contribution in [3.8, 4) is 0 Å². The average Bonchev–Trinajstić information content (AvgIpc) is 2.55. The van der Waals surface area contributed by atoms with Crippen molar-refractivity contribution in [2.45, 2.75) is 32.1 Å². The van der Waals surface area contributed by atoms with Gasteiger partial charge in [-0.25, -0.2) is 0 Å². The number of amides is 1. The lowest BCUT2D eigenvalue weighted by molar-refractivity contribution is -0.138. The molecule has 2 aromatic rings. The minimum Gasteiger partial charge on any atom is -0.481 e. The minimum absolute atomic E-state index is 0.0820. The zero-order chi connectivity index (χ0) is 16.8. The van der Waals surface area contributed by atoms with E-state index in [0.717, 1.165) is 5.56 Å². The number of rotatable bonds is 6. The topological polar surface area (TPSA) is 66.4 Å². The quantitative estimate of drug-likeness (QED) is 0.847. The molecule has 0 aliphatic rings. The molecule has 0 aliphatic carbocycles. The molecule has 0 aromatic heterocycles. The SMILES string of the molecule is CC(CC(=O)Nc1cccc(C(C)C(=O)O)c1)c1ccccc1. The summed E-state index contributed by atoms with van der Waals surface area (Å²) < 4.78 is 0. The molecule has 0 aliphatic heterocycles. The van der Waals surface area contributed by atoms with E-state index in [4.69, 9.17) is 5.11 Å². The van der Waals surface area contributed by atoms with E-state index in [1.807, 2.05) is 37.3 Å². The lowest BCUT2D eigenvalue weighted by Gasteiger charge is -2.13. The van der Waals surface area contributed by atoms with Crippen LogP contribution in [0.4, 0.5) is 5.69 Å². The summed E-state index contributed by atoms with van der Waals surface area (Å²) in [5.41, 5.74) is 2.42. The van der Waals surface area contributed by atoms with Gasteiger partial charge in [-0.3, -0.25) is 9.59 Å². The Morgan fingerprint density at radius 1 is 1.00 bits per heavy atom. The molecule has 2 unspecified atom stereocenters. The van der Waals surface area contributed by atoms with Crippen LogP contribution in [0.15, 0.2) is 54.6 Å². The highest BCUT2D eigenvalue weighted by molar-refractivity contribution is 5.91. The van der Waals surface area contributed by atoms with Crippen molar-refractivity contribution >= 4 is 17.6 Å². The summed E-state index contributed by atoms with van der Waals surface area (Å²) in [7, 11) is 0. The summed E-state index contributed by atoms with van der Waals surface area (Å²) >= 11 is 0. The van der Waals surface area contributed by atoms with Gasteiger partial charge >= 0.3 is 5.97 Å². The molecule has 4 nitrogen and oxygen atoms in total. The molecule has 2 N–H and O–H groups in total. The second-order valence-electron chi connectivity index (χ2n) is 5.75. The van der Waals surface area contributed by atoms with Crippen LogP contribution < -0.4 is 5.32 Å². The Kier molecular flexibility index (Phi) is 5.52. The highest BCUT2D eigenvalue weighted by Crippen LogP contribution is 2.22. The first-order valence-electron chi connectivity index (χ1n) is 7.65. The molecule has 0 fully saturated rings. The van der Waals surface area contributed by atoms with Crippen molar-refractivity contribution in [2.24, 2.45) is 0 Å². The first-order chi connectivity index (χ1) is 11.0. The number of benzene rings is 2. The van der Waals surface area contributed by atoms with Crippen molar-refractivity contribution in [3.05, 3.63) is 65.7 Å². The Hall–Kier alpha value is -2.62. The Balaban J connectivity index is 2.00. The summed E-state index contributed by atoms with van der Waals surface area (Å²) in [4.78, 5) is 23.2. The van der Waals surface area contributed by atoms with Gasteiger partial charge in [0.05, 0.1) is 5.92 Å². The maximum atomic E-state index is 12.2. The van der Waals surface area contributed by atoms with E-state index >= 15 is 0 Å². The molecule has 2 atom stereocenters. The monoisotopic (exact) mass is 311 g/mol. The van der Waals surface area contributed by atoms with E-state index in [1.165, 1.54) is 0 Å². The first-order valence-corrected chi connectivity index (χ1v) is 7.65. The van der Waals surface area contributed by atoms with Crippen molar-refractivity contribution in [1.82, 2.24) is 0 Å². The molecule has 1 amide bonds. The van der Waals surface area contributed by atoms with Gasteiger partial charge in [0.1, 0.15) is 0 Å². The largest absolute Gasteiger partial charge is 0.481 e. The smallest absolute Gasteiger partial charge is 0.310 e. The Labute approximate surface area is 136 Å². The zero-order valence-corrected chi connectivity index (χ0v) is 13.3. The van der Waals surface area contributed by atoms with E-state index in [-0.39, 0.29) is 11.8 Å². The number of hydrogen-bond donors (Lipinski definition) is 2.